The molecule has 0 aliphatic rings. The standard InChI is InChI=1S/C18H14ClF3N4/c1-12-16(17(19)26(25-12)15-8-3-2-4-9-15)11-23-24-14-7-5-6-13(10-14)18(20,21)22/h2-11,24H,1H3. The molecule has 0 unspecified atom stereocenters. The third kappa shape index (κ3) is 3.88. The lowest BCUT2D eigenvalue weighted by Gasteiger charge is -2.08. The Morgan fingerprint density at radius 2 is 1.85 bits per heavy atom. The van der Waals surface area contributed by atoms with Crippen LogP contribution in [0.2, 0.25) is 5.15 Å². The lowest BCUT2D eigenvalue weighted by molar-refractivity contribution is -0.137. The van der Waals surface area contributed by atoms with Crippen LogP contribution in [-0.4, -0.2) is 16.0 Å². The number of benzene rings is 2. The summed E-state index contributed by atoms with van der Waals surface area (Å²) in [4.78, 5) is 0. The van der Waals surface area contributed by atoms with Crippen molar-refractivity contribution >= 4 is 23.5 Å². The number of rotatable bonds is 4. The van der Waals surface area contributed by atoms with Crippen LogP contribution in [0.4, 0.5) is 18.9 Å². The van der Waals surface area contributed by atoms with Gasteiger partial charge in [-0.2, -0.15) is 23.4 Å². The van der Waals surface area contributed by atoms with E-state index < -0.39 is 11.7 Å². The van der Waals surface area contributed by atoms with Gasteiger partial charge in [0.1, 0.15) is 5.15 Å². The largest absolute Gasteiger partial charge is 0.416 e. The van der Waals surface area contributed by atoms with Crippen molar-refractivity contribution in [1.29, 1.82) is 0 Å². The van der Waals surface area contributed by atoms with Crippen molar-refractivity contribution in [2.75, 3.05) is 5.43 Å². The van der Waals surface area contributed by atoms with Crippen molar-refractivity contribution < 1.29 is 13.2 Å². The molecular weight excluding hydrogens is 365 g/mol. The van der Waals surface area contributed by atoms with Gasteiger partial charge in [0, 0.05) is 0 Å². The molecule has 0 fully saturated rings. The summed E-state index contributed by atoms with van der Waals surface area (Å²) in [5, 5.41) is 8.72. The van der Waals surface area contributed by atoms with Crippen molar-refractivity contribution in [3.05, 3.63) is 76.6 Å². The summed E-state index contributed by atoms with van der Waals surface area (Å²) in [6, 6.07) is 14.1. The number of nitrogens with zero attached hydrogens (tertiary/aromatic N) is 3. The van der Waals surface area contributed by atoms with Gasteiger partial charge in [-0.15, -0.1) is 0 Å². The maximum Gasteiger partial charge on any atom is 0.416 e. The fourth-order valence-corrected chi connectivity index (χ4v) is 2.66. The van der Waals surface area contributed by atoms with Crippen LogP contribution in [0.5, 0.6) is 0 Å². The summed E-state index contributed by atoms with van der Waals surface area (Å²) in [6.45, 7) is 1.77. The van der Waals surface area contributed by atoms with Gasteiger partial charge >= 0.3 is 6.18 Å². The van der Waals surface area contributed by atoms with Gasteiger partial charge in [0.2, 0.25) is 0 Å². The number of para-hydroxylation sites is 1. The Hall–Kier alpha value is -2.80. The second-order valence-electron chi connectivity index (χ2n) is 5.49. The Bertz CT molecular complexity index is 933. The fourth-order valence-electron chi connectivity index (χ4n) is 2.33. The number of hydrazone groups is 1. The van der Waals surface area contributed by atoms with Crippen LogP contribution >= 0.6 is 11.6 Å². The number of alkyl halides is 3. The lowest BCUT2D eigenvalue weighted by Crippen LogP contribution is -2.05. The van der Waals surface area contributed by atoms with Gasteiger partial charge in [0.05, 0.1) is 34.4 Å². The Labute approximate surface area is 152 Å². The van der Waals surface area contributed by atoms with Gasteiger partial charge in [-0.1, -0.05) is 35.9 Å². The minimum Gasteiger partial charge on any atom is -0.278 e. The van der Waals surface area contributed by atoms with Crippen LogP contribution in [0.25, 0.3) is 5.69 Å². The van der Waals surface area contributed by atoms with E-state index in [1.807, 2.05) is 30.3 Å². The molecule has 2 aromatic carbocycles. The SMILES string of the molecule is Cc1nn(-c2ccccc2)c(Cl)c1C=NNc1cccc(C(F)(F)F)c1. The summed E-state index contributed by atoms with van der Waals surface area (Å²) in [5.41, 5.74) is 4.08. The van der Waals surface area contributed by atoms with E-state index in [-0.39, 0.29) is 5.69 Å². The molecular formula is C18H14ClF3N4. The highest BCUT2D eigenvalue weighted by Gasteiger charge is 2.30. The first kappa shape index (κ1) is 18.0. The number of anilines is 1. The smallest absolute Gasteiger partial charge is 0.278 e. The summed E-state index contributed by atoms with van der Waals surface area (Å²) in [6.07, 6.45) is -2.97. The zero-order valence-electron chi connectivity index (χ0n) is 13.6. The molecule has 0 aliphatic carbocycles. The van der Waals surface area contributed by atoms with Gasteiger partial charge in [0.15, 0.2) is 0 Å². The topological polar surface area (TPSA) is 42.2 Å². The molecule has 0 atom stereocenters. The highest BCUT2D eigenvalue weighted by atomic mass is 35.5. The first-order valence-corrected chi connectivity index (χ1v) is 8.01. The number of aryl methyl sites for hydroxylation is 1. The van der Waals surface area contributed by atoms with E-state index >= 15 is 0 Å². The molecule has 1 N–H and O–H groups in total. The highest BCUT2D eigenvalue weighted by molar-refractivity contribution is 6.32. The first-order valence-electron chi connectivity index (χ1n) is 7.63. The molecule has 26 heavy (non-hydrogen) atoms. The van der Waals surface area contributed by atoms with E-state index in [4.69, 9.17) is 11.6 Å². The third-order valence-corrected chi connectivity index (χ3v) is 3.99. The Kier molecular flexibility index (Phi) is 4.99. The zero-order valence-corrected chi connectivity index (χ0v) is 14.4. The van der Waals surface area contributed by atoms with Gasteiger partial charge in [0.25, 0.3) is 0 Å². The molecule has 1 heterocycles. The Morgan fingerprint density at radius 1 is 1.12 bits per heavy atom. The number of hydrogen-bond acceptors (Lipinski definition) is 3. The average molecular weight is 379 g/mol. The van der Waals surface area contributed by atoms with Gasteiger partial charge in [-0.05, 0) is 37.3 Å². The molecule has 1 aromatic heterocycles. The minimum atomic E-state index is -4.40. The third-order valence-electron chi connectivity index (χ3n) is 3.63. The van der Waals surface area contributed by atoms with Gasteiger partial charge in [-0.25, -0.2) is 4.68 Å². The number of nitrogens with one attached hydrogen (secondary N) is 1. The molecule has 4 nitrogen and oxygen atoms in total. The number of hydrogen-bond donors (Lipinski definition) is 1. The van der Waals surface area contributed by atoms with Gasteiger partial charge < -0.3 is 0 Å². The number of halogens is 4. The average Bonchev–Trinajstić information content (AvgIpc) is 2.90. The van der Waals surface area contributed by atoms with E-state index in [0.717, 1.165) is 17.8 Å². The second kappa shape index (κ2) is 7.21. The lowest BCUT2D eigenvalue weighted by atomic mass is 10.2. The van der Waals surface area contributed by atoms with Crippen LogP contribution < -0.4 is 5.43 Å². The van der Waals surface area contributed by atoms with Gasteiger partial charge in [-0.3, -0.25) is 5.43 Å². The van der Waals surface area contributed by atoms with Crippen molar-refractivity contribution in [1.82, 2.24) is 9.78 Å². The molecule has 8 heteroatoms. The maximum atomic E-state index is 12.7. The molecule has 134 valence electrons. The normalized spacial score (nSPS) is 11.9. The summed E-state index contributed by atoms with van der Waals surface area (Å²) in [7, 11) is 0. The molecule has 0 saturated heterocycles. The molecule has 0 radical (unpaired) electrons. The number of aromatic nitrogens is 2. The summed E-state index contributed by atoms with van der Waals surface area (Å²) >= 11 is 6.36. The van der Waals surface area contributed by atoms with Crippen LogP contribution in [0.1, 0.15) is 16.8 Å². The fraction of sp³-hybridized carbons (Fsp3) is 0.111. The van der Waals surface area contributed by atoms with Crippen LogP contribution in [0.3, 0.4) is 0 Å². The predicted molar refractivity (Wildman–Crippen MR) is 96.0 cm³/mol. The van der Waals surface area contributed by atoms with E-state index in [9.17, 15) is 13.2 Å². The maximum absolute atomic E-state index is 12.7. The molecule has 0 aliphatic heterocycles. The second-order valence-corrected chi connectivity index (χ2v) is 5.84. The molecule has 3 aromatic rings. The summed E-state index contributed by atoms with van der Waals surface area (Å²) in [5.74, 6) is 0. The molecule has 0 saturated carbocycles. The van der Waals surface area contributed by atoms with E-state index in [0.29, 0.717) is 16.4 Å². The van der Waals surface area contributed by atoms with Crippen LogP contribution in [0, 0.1) is 6.92 Å². The predicted octanol–water partition coefficient (Wildman–Crippen LogP) is 5.30. The van der Waals surface area contributed by atoms with Crippen molar-refractivity contribution in [2.45, 2.75) is 13.1 Å². The molecule has 3 rings (SSSR count). The molecule has 0 spiro atoms. The van der Waals surface area contributed by atoms with Crippen LogP contribution in [-0.2, 0) is 6.18 Å². The van der Waals surface area contributed by atoms with E-state index in [2.05, 4.69) is 15.6 Å². The first-order chi connectivity index (χ1) is 12.4. The van der Waals surface area contributed by atoms with Crippen molar-refractivity contribution in [3.63, 3.8) is 0 Å². The van der Waals surface area contributed by atoms with E-state index in [1.165, 1.54) is 18.3 Å². The quantitative estimate of drug-likeness (QED) is 0.494. The zero-order chi connectivity index (χ0) is 18.7. The molecule has 0 amide bonds. The minimum absolute atomic E-state index is 0.223. The Morgan fingerprint density at radius 3 is 2.54 bits per heavy atom. The Balaban J connectivity index is 1.81. The summed E-state index contributed by atoms with van der Waals surface area (Å²) < 4.78 is 39.8. The monoisotopic (exact) mass is 378 g/mol. The van der Waals surface area contributed by atoms with Crippen LogP contribution in [0.15, 0.2) is 59.7 Å². The molecule has 0 bridgehead atoms. The van der Waals surface area contributed by atoms with Crippen molar-refractivity contribution in [3.8, 4) is 5.69 Å². The van der Waals surface area contributed by atoms with E-state index in [1.54, 1.807) is 11.6 Å². The van der Waals surface area contributed by atoms with Crippen molar-refractivity contribution in [2.24, 2.45) is 5.10 Å². The highest BCUT2D eigenvalue weighted by Crippen LogP contribution is 2.30.